The van der Waals surface area contributed by atoms with Gasteiger partial charge in [0.15, 0.2) is 0 Å². The van der Waals surface area contributed by atoms with Crippen molar-refractivity contribution in [2.24, 2.45) is 15.0 Å². The van der Waals surface area contributed by atoms with Gasteiger partial charge in [0.1, 0.15) is 0 Å². The first-order chi connectivity index (χ1) is 13.4. The van der Waals surface area contributed by atoms with E-state index in [2.05, 4.69) is 72.5 Å². The van der Waals surface area contributed by atoms with Crippen LogP contribution >= 0.6 is 11.8 Å². The zero-order valence-corrected chi connectivity index (χ0v) is 17.3. The highest BCUT2D eigenvalue weighted by Crippen LogP contribution is 2.31. The molecule has 0 N–H and O–H groups in total. The molecule has 0 atom stereocenters. The first-order valence-electron chi connectivity index (χ1n) is 8.83. The van der Waals surface area contributed by atoms with Crippen molar-refractivity contribution in [3.8, 4) is 0 Å². The number of benzene rings is 1. The number of aryl methyl sites for hydroxylation is 1. The monoisotopic (exact) mass is 387 g/mol. The molecular formula is C24H25N3S. The summed E-state index contributed by atoms with van der Waals surface area (Å²) < 4.78 is 0. The van der Waals surface area contributed by atoms with Crippen LogP contribution in [-0.4, -0.2) is 25.2 Å². The smallest absolute Gasteiger partial charge is 0.0890 e. The van der Waals surface area contributed by atoms with Gasteiger partial charge in [0.2, 0.25) is 0 Å². The maximum atomic E-state index is 4.62. The van der Waals surface area contributed by atoms with Crippen molar-refractivity contribution in [3.63, 3.8) is 0 Å². The second kappa shape index (κ2) is 10.4. The van der Waals surface area contributed by atoms with Gasteiger partial charge in [0.25, 0.3) is 0 Å². The highest BCUT2D eigenvalue weighted by Gasteiger charge is 2.11. The van der Waals surface area contributed by atoms with Crippen LogP contribution in [-0.2, 0) is 6.42 Å². The van der Waals surface area contributed by atoms with Crippen LogP contribution in [0.15, 0.2) is 111 Å². The van der Waals surface area contributed by atoms with Gasteiger partial charge in [0, 0.05) is 29.3 Å². The lowest BCUT2D eigenvalue weighted by atomic mass is 10.0. The number of fused-ring (bicyclic) bond motifs is 1. The van der Waals surface area contributed by atoms with Crippen molar-refractivity contribution in [2.45, 2.75) is 18.2 Å². The van der Waals surface area contributed by atoms with Gasteiger partial charge in [-0.15, -0.1) is 0 Å². The van der Waals surface area contributed by atoms with Crippen molar-refractivity contribution in [1.82, 2.24) is 0 Å². The molecule has 1 aliphatic rings. The van der Waals surface area contributed by atoms with Gasteiger partial charge in [-0.25, -0.2) is 0 Å². The number of aliphatic imine (C=N–C) groups is 3. The van der Waals surface area contributed by atoms with E-state index in [1.807, 2.05) is 6.08 Å². The van der Waals surface area contributed by atoms with E-state index in [4.69, 9.17) is 0 Å². The molecule has 0 amide bonds. The van der Waals surface area contributed by atoms with E-state index in [-0.39, 0.29) is 0 Å². The predicted molar refractivity (Wildman–Crippen MR) is 126 cm³/mol. The summed E-state index contributed by atoms with van der Waals surface area (Å²) in [7, 11) is 1.74. The van der Waals surface area contributed by atoms with Crippen molar-refractivity contribution in [3.05, 3.63) is 102 Å². The third-order valence-electron chi connectivity index (χ3n) is 3.96. The molecule has 3 nitrogen and oxygen atoms in total. The second-order valence-electron chi connectivity index (χ2n) is 6.16. The number of thioether (sulfide) groups is 1. The van der Waals surface area contributed by atoms with Crippen LogP contribution in [0, 0.1) is 6.92 Å². The van der Waals surface area contributed by atoms with Crippen molar-refractivity contribution in [2.75, 3.05) is 7.05 Å². The third-order valence-corrected chi connectivity index (χ3v) is 4.92. The zero-order chi connectivity index (χ0) is 20.5. The molecule has 0 saturated heterocycles. The number of hydrogen-bond acceptors (Lipinski definition) is 4. The summed E-state index contributed by atoms with van der Waals surface area (Å²) in [5.74, 6) is 0. The minimum atomic E-state index is 0.605. The molecule has 2 rings (SSSR count). The van der Waals surface area contributed by atoms with Crippen molar-refractivity contribution < 1.29 is 0 Å². The van der Waals surface area contributed by atoms with E-state index in [0.29, 0.717) is 5.70 Å². The summed E-state index contributed by atoms with van der Waals surface area (Å²) in [6, 6.07) is 6.47. The van der Waals surface area contributed by atoms with Gasteiger partial charge in [0.05, 0.1) is 17.1 Å². The Bertz CT molecular complexity index is 956. The summed E-state index contributed by atoms with van der Waals surface area (Å²) in [4.78, 5) is 15.3. The standard InChI is InChI=1S/C24H25N3S/c1-7-19(4)26-14-8-9-18(3)24(25-6)22-13-12-21-11-10-17(2)15-23(21)28-20(5)16-27-22/h7-11,13-16H,1,3-5,12H2,2,6H3/b9-8-,22-13-,25-24?,26-14?,27-16?. The van der Waals surface area contributed by atoms with Gasteiger partial charge < -0.3 is 0 Å². The van der Waals surface area contributed by atoms with Gasteiger partial charge in [-0.3, -0.25) is 15.0 Å². The van der Waals surface area contributed by atoms with Crippen LogP contribution < -0.4 is 0 Å². The van der Waals surface area contributed by atoms with E-state index >= 15 is 0 Å². The van der Waals surface area contributed by atoms with E-state index in [0.717, 1.165) is 28.3 Å². The molecule has 0 saturated carbocycles. The lowest BCUT2D eigenvalue weighted by molar-refractivity contribution is 1.15. The van der Waals surface area contributed by atoms with Crippen LogP contribution in [0.2, 0.25) is 0 Å². The van der Waals surface area contributed by atoms with Gasteiger partial charge in [-0.2, -0.15) is 0 Å². The third kappa shape index (κ3) is 6.03. The molecule has 0 spiro atoms. The van der Waals surface area contributed by atoms with E-state index in [9.17, 15) is 0 Å². The summed E-state index contributed by atoms with van der Waals surface area (Å²) in [5, 5.41) is 0. The summed E-state index contributed by atoms with van der Waals surface area (Å²) in [6.45, 7) is 17.7. The molecule has 142 valence electrons. The molecule has 1 aliphatic heterocycles. The normalized spacial score (nSPS) is 16.9. The molecule has 1 aromatic rings. The Balaban J connectivity index is 2.29. The average Bonchev–Trinajstić information content (AvgIpc) is 2.75. The molecule has 28 heavy (non-hydrogen) atoms. The molecule has 0 unspecified atom stereocenters. The van der Waals surface area contributed by atoms with Crippen LogP contribution in [0.4, 0.5) is 0 Å². The fraction of sp³-hybridized carbons (Fsp3) is 0.125. The number of nitrogens with zero attached hydrogens (tertiary/aromatic N) is 3. The van der Waals surface area contributed by atoms with Gasteiger partial charge >= 0.3 is 0 Å². The molecule has 4 heteroatoms. The maximum Gasteiger partial charge on any atom is 0.0890 e. The Labute approximate surface area is 172 Å². The molecule has 0 aromatic heterocycles. The lowest BCUT2D eigenvalue weighted by Crippen LogP contribution is -2.04. The Morgan fingerprint density at radius 2 is 2.07 bits per heavy atom. The first kappa shape index (κ1) is 21.3. The molecule has 0 radical (unpaired) electrons. The largest absolute Gasteiger partial charge is 0.286 e. The second-order valence-corrected chi connectivity index (χ2v) is 7.33. The zero-order valence-electron chi connectivity index (χ0n) is 16.5. The summed E-state index contributed by atoms with van der Waals surface area (Å²) in [6.07, 6.45) is 11.5. The predicted octanol–water partition coefficient (Wildman–Crippen LogP) is 6.07. The maximum absolute atomic E-state index is 4.62. The number of hydrogen-bond donors (Lipinski definition) is 0. The fourth-order valence-corrected chi connectivity index (χ4v) is 3.42. The highest BCUT2D eigenvalue weighted by molar-refractivity contribution is 8.04. The van der Waals surface area contributed by atoms with Crippen LogP contribution in [0.5, 0.6) is 0 Å². The Hall–Kier alpha value is -2.98. The number of allylic oxidation sites excluding steroid dienone is 6. The Morgan fingerprint density at radius 3 is 2.79 bits per heavy atom. The average molecular weight is 388 g/mol. The van der Waals surface area contributed by atoms with Gasteiger partial charge in [-0.05, 0) is 48.3 Å². The first-order valence-corrected chi connectivity index (χ1v) is 9.65. The van der Waals surface area contributed by atoms with Crippen molar-refractivity contribution in [1.29, 1.82) is 0 Å². The van der Waals surface area contributed by atoms with Crippen LogP contribution in [0.3, 0.4) is 0 Å². The molecule has 0 bridgehead atoms. The summed E-state index contributed by atoms with van der Waals surface area (Å²) in [5.41, 5.74) is 5.34. The van der Waals surface area contributed by atoms with Crippen molar-refractivity contribution >= 4 is 29.9 Å². The minimum absolute atomic E-state index is 0.605. The molecule has 0 aliphatic carbocycles. The fourth-order valence-electron chi connectivity index (χ4n) is 2.50. The molecule has 0 fully saturated rings. The topological polar surface area (TPSA) is 37.1 Å². The SMILES string of the molecule is C=CC(=C)N=C/C=C\C(=C)C(=NC)/C1=C/Cc2ccc(C)cc2SC(=C)C=N1. The van der Waals surface area contributed by atoms with Crippen LogP contribution in [0.1, 0.15) is 11.1 Å². The highest BCUT2D eigenvalue weighted by atomic mass is 32.2. The number of rotatable bonds is 6. The molecule has 1 aromatic carbocycles. The quantitative estimate of drug-likeness (QED) is 0.431. The Morgan fingerprint density at radius 1 is 1.29 bits per heavy atom. The van der Waals surface area contributed by atoms with E-state index < -0.39 is 0 Å². The minimum Gasteiger partial charge on any atom is -0.286 e. The molecular weight excluding hydrogens is 362 g/mol. The van der Waals surface area contributed by atoms with E-state index in [1.165, 1.54) is 16.0 Å². The Kier molecular flexibility index (Phi) is 7.90. The van der Waals surface area contributed by atoms with E-state index in [1.54, 1.807) is 43.4 Å². The van der Waals surface area contributed by atoms with Crippen LogP contribution in [0.25, 0.3) is 0 Å². The molecule has 1 heterocycles. The summed E-state index contributed by atoms with van der Waals surface area (Å²) >= 11 is 1.64. The van der Waals surface area contributed by atoms with Gasteiger partial charge in [-0.1, -0.05) is 62.4 Å². The lowest BCUT2D eigenvalue weighted by Gasteiger charge is -2.08.